The molecule has 1 spiro atoms. The Hall–Kier alpha value is -1.40. The smallest absolute Gasteiger partial charge is 0.336 e. The van der Waals surface area contributed by atoms with Crippen molar-refractivity contribution in [2.45, 2.75) is 25.2 Å². The number of halogens is 1. The van der Waals surface area contributed by atoms with Crippen LogP contribution in [0.4, 0.5) is 0 Å². The quantitative estimate of drug-likeness (QED) is 0.842. The molecule has 0 radical (unpaired) electrons. The van der Waals surface area contributed by atoms with E-state index in [9.17, 15) is 4.79 Å². The van der Waals surface area contributed by atoms with E-state index >= 15 is 0 Å². The lowest BCUT2D eigenvalue weighted by Crippen LogP contribution is -3.12. The van der Waals surface area contributed by atoms with Crippen molar-refractivity contribution in [3.05, 3.63) is 45.3 Å². The number of likely N-dealkylation sites (tertiary alicyclic amines) is 1. The van der Waals surface area contributed by atoms with Gasteiger partial charge in [-0.05, 0) is 18.2 Å². The summed E-state index contributed by atoms with van der Waals surface area (Å²) in [6.07, 6.45) is 1.78. The molecule has 0 unspecified atom stereocenters. The summed E-state index contributed by atoms with van der Waals surface area (Å²) in [7, 11) is 0. The number of fused-ring (bicyclic) bond motifs is 1. The molecule has 23 heavy (non-hydrogen) atoms. The second kappa shape index (κ2) is 5.91. The van der Waals surface area contributed by atoms with Gasteiger partial charge in [-0.3, -0.25) is 0 Å². The standard InChI is InChI=1S/C17H18ClNO4/c18-13-1-2-15-14(10-13)12(9-16(20)23-15)11-19-5-3-17(4-6-19)21-7-8-22-17/h1-2,9-10H,3-8,11H2/p+1. The second-order valence-electron chi connectivity index (χ2n) is 6.27. The second-order valence-corrected chi connectivity index (χ2v) is 6.70. The minimum Gasteiger partial charge on any atom is -0.423 e. The fraction of sp³-hybridized carbons (Fsp3) is 0.471. The highest BCUT2D eigenvalue weighted by Crippen LogP contribution is 2.27. The van der Waals surface area contributed by atoms with Crippen LogP contribution in [0.1, 0.15) is 18.4 Å². The maximum atomic E-state index is 11.8. The molecule has 0 amide bonds. The van der Waals surface area contributed by atoms with E-state index in [-0.39, 0.29) is 11.4 Å². The third kappa shape index (κ3) is 3.02. The Labute approximate surface area is 138 Å². The number of ether oxygens (including phenoxy) is 2. The number of quaternary nitrogens is 1. The summed E-state index contributed by atoms with van der Waals surface area (Å²) in [5.74, 6) is -0.357. The molecular formula is C17H19ClNO4+. The minimum absolute atomic E-state index is 0.315. The van der Waals surface area contributed by atoms with Crippen molar-refractivity contribution in [3.63, 3.8) is 0 Å². The lowest BCUT2D eigenvalue weighted by Gasteiger charge is -2.35. The molecule has 122 valence electrons. The van der Waals surface area contributed by atoms with Crippen molar-refractivity contribution in [2.24, 2.45) is 0 Å². The molecule has 2 aliphatic heterocycles. The van der Waals surface area contributed by atoms with E-state index in [1.165, 1.54) is 4.90 Å². The first-order valence-corrected chi connectivity index (χ1v) is 8.35. The summed E-state index contributed by atoms with van der Waals surface area (Å²) in [5.41, 5.74) is 1.26. The van der Waals surface area contributed by atoms with Crippen LogP contribution in [0.15, 0.2) is 33.5 Å². The predicted octanol–water partition coefficient (Wildman–Crippen LogP) is 1.37. The molecule has 0 aliphatic carbocycles. The molecule has 2 saturated heterocycles. The van der Waals surface area contributed by atoms with Gasteiger partial charge in [0.15, 0.2) is 5.79 Å². The normalized spacial score (nSPS) is 21.3. The largest absolute Gasteiger partial charge is 0.423 e. The molecule has 2 aromatic rings. The highest BCUT2D eigenvalue weighted by atomic mass is 35.5. The first-order valence-electron chi connectivity index (χ1n) is 7.97. The lowest BCUT2D eigenvalue weighted by atomic mass is 10.0. The van der Waals surface area contributed by atoms with Gasteiger partial charge >= 0.3 is 5.63 Å². The van der Waals surface area contributed by atoms with Gasteiger partial charge in [0, 0.05) is 22.0 Å². The Bertz CT molecular complexity index is 772. The zero-order valence-electron chi connectivity index (χ0n) is 12.8. The van der Waals surface area contributed by atoms with Crippen molar-refractivity contribution in [1.82, 2.24) is 0 Å². The Kier molecular flexibility index (Phi) is 3.89. The molecule has 0 saturated carbocycles. The first-order chi connectivity index (χ1) is 11.1. The summed E-state index contributed by atoms with van der Waals surface area (Å²) in [5, 5.41) is 1.56. The minimum atomic E-state index is -0.357. The van der Waals surface area contributed by atoms with Gasteiger partial charge in [-0.25, -0.2) is 4.79 Å². The maximum Gasteiger partial charge on any atom is 0.336 e. The van der Waals surface area contributed by atoms with Crippen LogP contribution in [0, 0.1) is 0 Å². The maximum absolute atomic E-state index is 11.8. The Morgan fingerprint density at radius 1 is 1.13 bits per heavy atom. The molecule has 2 fully saturated rings. The monoisotopic (exact) mass is 336 g/mol. The highest BCUT2D eigenvalue weighted by Gasteiger charge is 2.41. The summed E-state index contributed by atoms with van der Waals surface area (Å²) in [6.45, 7) is 4.08. The van der Waals surface area contributed by atoms with Gasteiger partial charge < -0.3 is 18.8 Å². The van der Waals surface area contributed by atoms with Crippen molar-refractivity contribution >= 4 is 22.6 Å². The molecule has 2 aliphatic rings. The van der Waals surface area contributed by atoms with Crippen LogP contribution < -0.4 is 10.5 Å². The zero-order valence-corrected chi connectivity index (χ0v) is 13.5. The molecule has 5 nitrogen and oxygen atoms in total. The fourth-order valence-corrected chi connectivity index (χ4v) is 3.73. The van der Waals surface area contributed by atoms with E-state index in [4.69, 9.17) is 25.5 Å². The molecule has 1 aromatic heterocycles. The average molecular weight is 337 g/mol. The Balaban J connectivity index is 1.56. The topological polar surface area (TPSA) is 53.1 Å². The summed E-state index contributed by atoms with van der Waals surface area (Å²) in [6, 6.07) is 6.94. The van der Waals surface area contributed by atoms with Crippen LogP contribution in [-0.4, -0.2) is 32.1 Å². The van der Waals surface area contributed by atoms with Crippen LogP contribution in [0.3, 0.4) is 0 Å². The van der Waals surface area contributed by atoms with Gasteiger partial charge in [-0.2, -0.15) is 0 Å². The van der Waals surface area contributed by atoms with Gasteiger partial charge in [0.1, 0.15) is 12.1 Å². The van der Waals surface area contributed by atoms with Gasteiger partial charge in [0.05, 0.1) is 39.1 Å². The Morgan fingerprint density at radius 3 is 2.61 bits per heavy atom. The van der Waals surface area contributed by atoms with Gasteiger partial charge in [-0.1, -0.05) is 11.6 Å². The van der Waals surface area contributed by atoms with Crippen LogP contribution in [0.25, 0.3) is 11.0 Å². The molecule has 1 aromatic carbocycles. The zero-order chi connectivity index (χ0) is 15.9. The summed E-state index contributed by atoms with van der Waals surface area (Å²) >= 11 is 6.10. The van der Waals surface area contributed by atoms with Crippen LogP contribution >= 0.6 is 11.6 Å². The number of hydrogen-bond donors (Lipinski definition) is 1. The van der Waals surface area contributed by atoms with E-state index < -0.39 is 0 Å². The fourth-order valence-electron chi connectivity index (χ4n) is 3.56. The number of nitrogens with one attached hydrogen (secondary N) is 1. The molecule has 0 atom stereocenters. The average Bonchev–Trinajstić information content (AvgIpc) is 2.99. The SMILES string of the molecule is O=c1cc(C[NH+]2CCC3(CC2)OCCO3)c2cc(Cl)ccc2o1. The van der Waals surface area contributed by atoms with E-state index in [1.54, 1.807) is 18.2 Å². The van der Waals surface area contributed by atoms with Crippen LogP contribution in [-0.2, 0) is 16.0 Å². The molecule has 6 heteroatoms. The number of piperidine rings is 1. The summed E-state index contributed by atoms with van der Waals surface area (Å²) < 4.78 is 16.8. The van der Waals surface area contributed by atoms with Gasteiger partial charge in [0.25, 0.3) is 0 Å². The number of rotatable bonds is 2. The molecule has 3 heterocycles. The number of hydrogen-bond acceptors (Lipinski definition) is 4. The molecular weight excluding hydrogens is 318 g/mol. The van der Waals surface area contributed by atoms with Crippen LogP contribution in [0.5, 0.6) is 0 Å². The van der Waals surface area contributed by atoms with E-state index in [0.29, 0.717) is 23.8 Å². The van der Waals surface area contributed by atoms with Crippen molar-refractivity contribution < 1.29 is 18.8 Å². The molecule has 1 N–H and O–H groups in total. The van der Waals surface area contributed by atoms with Crippen molar-refractivity contribution in [2.75, 3.05) is 26.3 Å². The van der Waals surface area contributed by atoms with E-state index in [0.717, 1.165) is 43.4 Å². The predicted molar refractivity (Wildman–Crippen MR) is 85.8 cm³/mol. The van der Waals surface area contributed by atoms with Crippen molar-refractivity contribution in [1.29, 1.82) is 0 Å². The lowest BCUT2D eigenvalue weighted by molar-refractivity contribution is -0.922. The van der Waals surface area contributed by atoms with Crippen molar-refractivity contribution in [3.8, 4) is 0 Å². The van der Waals surface area contributed by atoms with Gasteiger partial charge in [0.2, 0.25) is 0 Å². The third-order valence-corrected chi connectivity index (χ3v) is 5.00. The molecule has 4 rings (SSSR count). The summed E-state index contributed by atoms with van der Waals surface area (Å²) in [4.78, 5) is 13.2. The van der Waals surface area contributed by atoms with Gasteiger partial charge in [-0.15, -0.1) is 0 Å². The molecule has 0 bridgehead atoms. The third-order valence-electron chi connectivity index (χ3n) is 4.76. The van der Waals surface area contributed by atoms with E-state index in [2.05, 4.69) is 0 Å². The van der Waals surface area contributed by atoms with Crippen LogP contribution in [0.2, 0.25) is 5.02 Å². The highest BCUT2D eigenvalue weighted by molar-refractivity contribution is 6.31. The first kappa shape index (κ1) is 15.1. The Morgan fingerprint density at radius 2 is 1.87 bits per heavy atom. The number of benzene rings is 1. The van der Waals surface area contributed by atoms with E-state index in [1.807, 2.05) is 6.07 Å².